The summed E-state index contributed by atoms with van der Waals surface area (Å²) in [5, 5.41) is 22.4. The minimum atomic E-state index is -1.20. The van der Waals surface area contributed by atoms with Gasteiger partial charge in [-0.25, -0.2) is 4.79 Å². The van der Waals surface area contributed by atoms with Crippen molar-refractivity contribution >= 4 is 23.5 Å². The SMILES string of the molecule is C[C@H](CCC(=O)OCCOC(=O)C(C)(C)Oc1ccc(Cl)cc1)[C@H]1CCC2C3C(CC[C@@]21C)[C@@]1(C)CC[C@@H](O)C[C@H]1C[C@@H]3O. The molecule has 0 heterocycles. The topological polar surface area (TPSA) is 102 Å². The Bertz CT molecular complexity index is 1170. The molecule has 5 rings (SSSR count). The molecule has 0 aliphatic heterocycles. The van der Waals surface area contributed by atoms with Crippen LogP contribution in [0, 0.1) is 46.3 Å². The number of aliphatic hydroxyl groups excluding tert-OH is 2. The number of halogens is 1. The second-order valence-corrected chi connectivity index (χ2v) is 15.8. The Morgan fingerprint density at radius 1 is 0.955 bits per heavy atom. The van der Waals surface area contributed by atoms with Crippen LogP contribution >= 0.6 is 11.6 Å². The fraction of sp³-hybridized carbons (Fsp3) is 0.778. The fourth-order valence-electron chi connectivity index (χ4n) is 10.1. The summed E-state index contributed by atoms with van der Waals surface area (Å²) in [6.45, 7) is 10.4. The lowest BCUT2D eigenvalue weighted by atomic mass is 9.43. The van der Waals surface area contributed by atoms with Gasteiger partial charge in [-0.05, 0) is 142 Å². The normalized spacial score (nSPS) is 37.2. The van der Waals surface area contributed by atoms with Gasteiger partial charge in [0.2, 0.25) is 0 Å². The Morgan fingerprint density at radius 3 is 2.34 bits per heavy atom. The molecule has 246 valence electrons. The third-order valence-corrected chi connectivity index (χ3v) is 12.7. The second kappa shape index (κ2) is 13.1. The molecule has 3 unspecified atom stereocenters. The summed E-state index contributed by atoms with van der Waals surface area (Å²) in [7, 11) is 0. The minimum absolute atomic E-state index is 0.0109. The van der Waals surface area contributed by atoms with E-state index in [1.807, 2.05) is 0 Å². The highest BCUT2D eigenvalue weighted by molar-refractivity contribution is 6.30. The molecule has 1 aromatic rings. The van der Waals surface area contributed by atoms with Crippen molar-refractivity contribution in [2.45, 2.75) is 117 Å². The van der Waals surface area contributed by atoms with Crippen molar-refractivity contribution in [3.8, 4) is 5.75 Å². The largest absolute Gasteiger partial charge is 0.476 e. The van der Waals surface area contributed by atoms with Gasteiger partial charge in [-0.2, -0.15) is 0 Å². The summed E-state index contributed by atoms with van der Waals surface area (Å²) >= 11 is 5.91. The number of aliphatic hydroxyl groups is 2. The van der Waals surface area contributed by atoms with Crippen molar-refractivity contribution in [2.24, 2.45) is 46.3 Å². The number of hydrogen-bond donors (Lipinski definition) is 2. The zero-order chi connectivity index (χ0) is 31.9. The molecule has 0 spiro atoms. The Labute approximate surface area is 268 Å². The zero-order valence-electron chi connectivity index (χ0n) is 27.2. The maximum atomic E-state index is 12.6. The number of esters is 2. The van der Waals surface area contributed by atoms with E-state index in [-0.39, 0.29) is 42.2 Å². The molecule has 10 atom stereocenters. The zero-order valence-corrected chi connectivity index (χ0v) is 28.0. The van der Waals surface area contributed by atoms with Crippen molar-refractivity contribution in [3.63, 3.8) is 0 Å². The first-order valence-electron chi connectivity index (χ1n) is 16.9. The van der Waals surface area contributed by atoms with E-state index in [0.717, 1.165) is 51.4 Å². The van der Waals surface area contributed by atoms with Crippen molar-refractivity contribution in [3.05, 3.63) is 29.3 Å². The van der Waals surface area contributed by atoms with Crippen LogP contribution < -0.4 is 4.74 Å². The van der Waals surface area contributed by atoms with Gasteiger partial charge in [-0.15, -0.1) is 0 Å². The summed E-state index contributed by atoms with van der Waals surface area (Å²) in [5.41, 5.74) is -0.794. The molecule has 7 nitrogen and oxygen atoms in total. The highest BCUT2D eigenvalue weighted by atomic mass is 35.5. The lowest BCUT2D eigenvalue weighted by Gasteiger charge is -2.62. The molecule has 0 aromatic heterocycles. The maximum absolute atomic E-state index is 12.6. The first-order valence-corrected chi connectivity index (χ1v) is 17.3. The van der Waals surface area contributed by atoms with E-state index in [9.17, 15) is 19.8 Å². The quantitative estimate of drug-likeness (QED) is 0.212. The number of ether oxygens (including phenoxy) is 3. The Morgan fingerprint density at radius 2 is 1.61 bits per heavy atom. The van der Waals surface area contributed by atoms with Crippen LogP contribution in [0.4, 0.5) is 0 Å². The van der Waals surface area contributed by atoms with Crippen LogP contribution in [0.1, 0.15) is 98.8 Å². The highest BCUT2D eigenvalue weighted by Crippen LogP contribution is 2.68. The van der Waals surface area contributed by atoms with Gasteiger partial charge in [0.15, 0.2) is 5.60 Å². The first-order chi connectivity index (χ1) is 20.7. The summed E-state index contributed by atoms with van der Waals surface area (Å²) in [4.78, 5) is 25.2. The third kappa shape index (κ3) is 6.66. The van der Waals surface area contributed by atoms with Crippen molar-refractivity contribution in [1.82, 2.24) is 0 Å². The highest BCUT2D eigenvalue weighted by Gasteiger charge is 2.62. The molecule has 1 aromatic carbocycles. The van der Waals surface area contributed by atoms with Crippen LogP contribution in [-0.4, -0.2) is 53.2 Å². The van der Waals surface area contributed by atoms with Crippen LogP contribution in [0.5, 0.6) is 5.75 Å². The van der Waals surface area contributed by atoms with Gasteiger partial charge in [0.05, 0.1) is 12.2 Å². The number of fused-ring (bicyclic) bond motifs is 5. The second-order valence-electron chi connectivity index (χ2n) is 15.4. The molecule has 0 radical (unpaired) electrons. The molecular weight excluding hydrogens is 580 g/mol. The molecule has 4 saturated carbocycles. The average Bonchev–Trinajstić information content (AvgIpc) is 3.33. The number of rotatable bonds is 10. The van der Waals surface area contributed by atoms with E-state index in [1.165, 1.54) is 6.42 Å². The van der Waals surface area contributed by atoms with Gasteiger partial charge in [0, 0.05) is 11.4 Å². The van der Waals surface area contributed by atoms with Crippen molar-refractivity contribution in [2.75, 3.05) is 13.2 Å². The lowest BCUT2D eigenvalue weighted by molar-refractivity contribution is -0.174. The van der Waals surface area contributed by atoms with E-state index in [4.69, 9.17) is 25.8 Å². The lowest BCUT2D eigenvalue weighted by Crippen LogP contribution is -2.58. The van der Waals surface area contributed by atoms with Crippen LogP contribution in [0.3, 0.4) is 0 Å². The number of benzene rings is 1. The summed E-state index contributed by atoms with van der Waals surface area (Å²) in [5.74, 6) is 2.43. The third-order valence-electron chi connectivity index (χ3n) is 12.5. The molecule has 2 N–H and O–H groups in total. The van der Waals surface area contributed by atoms with E-state index < -0.39 is 11.6 Å². The van der Waals surface area contributed by atoms with Gasteiger partial charge in [-0.1, -0.05) is 32.4 Å². The number of carbonyl (C=O) groups excluding carboxylic acids is 2. The minimum Gasteiger partial charge on any atom is -0.476 e. The van der Waals surface area contributed by atoms with Gasteiger partial charge < -0.3 is 24.4 Å². The van der Waals surface area contributed by atoms with Crippen LogP contribution in [0.2, 0.25) is 5.02 Å². The summed E-state index contributed by atoms with van der Waals surface area (Å²) in [6.07, 6.45) is 8.89. The van der Waals surface area contributed by atoms with Crippen LogP contribution in [-0.2, 0) is 19.1 Å². The Kier molecular flexibility index (Phi) is 10.00. The standard InChI is InChI=1S/C36H53ClO7/c1-22(6-13-31(40)42-18-19-43-33(41)34(2,3)44-26-9-7-24(37)8-10-26)27-11-12-28-32-29(15-17-36(27,28)5)35(4)16-14-25(38)20-23(35)21-30(32)39/h7-10,22-23,25,27-30,32,38-39H,6,11-21H2,1-5H3/t22-,23+,25-,27-,28?,29?,30+,32?,35+,36-/m1/s1. The molecule has 8 heteroatoms. The van der Waals surface area contributed by atoms with Crippen molar-refractivity contribution in [1.29, 1.82) is 0 Å². The first kappa shape index (κ1) is 33.5. The predicted molar refractivity (Wildman–Crippen MR) is 169 cm³/mol. The van der Waals surface area contributed by atoms with Crippen LogP contribution in [0.25, 0.3) is 0 Å². The smallest absolute Gasteiger partial charge is 0.350 e. The van der Waals surface area contributed by atoms with Gasteiger partial charge in [0.1, 0.15) is 19.0 Å². The van der Waals surface area contributed by atoms with Gasteiger partial charge in [0.25, 0.3) is 0 Å². The number of carbonyl (C=O) groups is 2. The van der Waals surface area contributed by atoms with E-state index in [2.05, 4.69) is 20.8 Å². The monoisotopic (exact) mass is 632 g/mol. The molecule has 0 saturated heterocycles. The van der Waals surface area contributed by atoms with Crippen molar-refractivity contribution < 1.29 is 34.0 Å². The van der Waals surface area contributed by atoms with Crippen LogP contribution in [0.15, 0.2) is 24.3 Å². The van der Waals surface area contributed by atoms with Gasteiger partial charge in [-0.3, -0.25) is 4.79 Å². The Balaban J connectivity index is 1.07. The van der Waals surface area contributed by atoms with E-state index >= 15 is 0 Å². The molecular formula is C36H53ClO7. The Hall–Kier alpha value is -1.83. The van der Waals surface area contributed by atoms with Gasteiger partial charge >= 0.3 is 11.9 Å². The van der Waals surface area contributed by atoms with E-state index in [1.54, 1.807) is 38.1 Å². The fourth-order valence-corrected chi connectivity index (χ4v) is 10.2. The number of hydrogen-bond acceptors (Lipinski definition) is 7. The molecule has 0 amide bonds. The molecule has 4 aliphatic carbocycles. The summed E-state index contributed by atoms with van der Waals surface area (Å²) in [6, 6.07) is 6.76. The maximum Gasteiger partial charge on any atom is 0.350 e. The molecule has 44 heavy (non-hydrogen) atoms. The molecule has 4 fully saturated rings. The van der Waals surface area contributed by atoms with E-state index in [0.29, 0.717) is 52.7 Å². The molecule has 4 aliphatic rings. The average molecular weight is 633 g/mol. The summed E-state index contributed by atoms with van der Waals surface area (Å²) < 4.78 is 16.5. The molecule has 0 bridgehead atoms. The predicted octanol–water partition coefficient (Wildman–Crippen LogP) is 6.99.